The van der Waals surface area contributed by atoms with E-state index in [0.29, 0.717) is 18.9 Å². The second-order valence-corrected chi connectivity index (χ2v) is 4.37. The Morgan fingerprint density at radius 2 is 2.14 bits per heavy atom. The summed E-state index contributed by atoms with van der Waals surface area (Å²) in [6.07, 6.45) is 3.09. The van der Waals surface area contributed by atoms with Crippen LogP contribution in [0.2, 0.25) is 0 Å². The van der Waals surface area contributed by atoms with Crippen molar-refractivity contribution in [2.45, 2.75) is 13.5 Å². The molecule has 0 atom stereocenters. The molecule has 0 bridgehead atoms. The van der Waals surface area contributed by atoms with Crippen LogP contribution >= 0.6 is 0 Å². The van der Waals surface area contributed by atoms with Crippen LogP contribution in [-0.4, -0.2) is 25.3 Å². The molecular formula is C16H18N2O4. The largest absolute Gasteiger partial charge is 0.494 e. The van der Waals surface area contributed by atoms with Gasteiger partial charge in [-0.25, -0.2) is 0 Å². The lowest BCUT2D eigenvalue weighted by molar-refractivity contribution is -0.125. The number of carbonyl (C=O) groups excluding carboxylic acids is 1. The van der Waals surface area contributed by atoms with Crippen LogP contribution in [0.3, 0.4) is 0 Å². The Morgan fingerprint density at radius 1 is 1.32 bits per heavy atom. The van der Waals surface area contributed by atoms with Crippen LogP contribution in [-0.2, 0) is 16.2 Å². The van der Waals surface area contributed by atoms with Gasteiger partial charge in [0.15, 0.2) is 6.61 Å². The smallest absolute Gasteiger partial charge is 0.261 e. The van der Waals surface area contributed by atoms with Crippen LogP contribution < -0.4 is 10.1 Å². The summed E-state index contributed by atoms with van der Waals surface area (Å²) in [5, 5.41) is 6.41. The fraction of sp³-hybridized carbons (Fsp3) is 0.250. The Labute approximate surface area is 128 Å². The van der Waals surface area contributed by atoms with Crippen LogP contribution in [0.15, 0.2) is 52.2 Å². The molecule has 0 saturated heterocycles. The molecule has 2 rings (SSSR count). The summed E-state index contributed by atoms with van der Waals surface area (Å²) in [6.45, 7) is 2.75. The minimum absolute atomic E-state index is 0.145. The van der Waals surface area contributed by atoms with Gasteiger partial charge in [0.25, 0.3) is 5.91 Å². The van der Waals surface area contributed by atoms with Crippen LogP contribution in [0.4, 0.5) is 0 Å². The average Bonchev–Trinajstić information content (AvgIpc) is 3.05. The maximum absolute atomic E-state index is 11.5. The third-order valence-electron chi connectivity index (χ3n) is 2.70. The first kappa shape index (κ1) is 15.6. The molecule has 0 unspecified atom stereocenters. The highest BCUT2D eigenvalue weighted by Crippen LogP contribution is 2.10. The highest BCUT2D eigenvalue weighted by Gasteiger charge is 2.02. The maximum Gasteiger partial charge on any atom is 0.261 e. The van der Waals surface area contributed by atoms with Gasteiger partial charge >= 0.3 is 0 Å². The van der Waals surface area contributed by atoms with E-state index in [0.717, 1.165) is 11.3 Å². The normalized spacial score (nSPS) is 10.6. The number of hydrogen-bond donors (Lipinski definition) is 1. The number of furan rings is 1. The fourth-order valence-electron chi connectivity index (χ4n) is 1.66. The second kappa shape index (κ2) is 8.51. The summed E-state index contributed by atoms with van der Waals surface area (Å²) in [6, 6.07) is 11.0. The molecule has 1 aromatic carbocycles. The molecule has 0 radical (unpaired) electrons. The minimum atomic E-state index is -0.264. The van der Waals surface area contributed by atoms with Crippen molar-refractivity contribution in [3.63, 3.8) is 0 Å². The van der Waals surface area contributed by atoms with Gasteiger partial charge in [-0.2, -0.15) is 0 Å². The zero-order chi connectivity index (χ0) is 15.6. The van der Waals surface area contributed by atoms with Crippen LogP contribution in [0.25, 0.3) is 0 Å². The lowest BCUT2D eigenvalue weighted by atomic mass is 10.2. The summed E-state index contributed by atoms with van der Waals surface area (Å²) in [5.41, 5.74) is 0.861. The number of rotatable bonds is 8. The fourth-order valence-corrected chi connectivity index (χ4v) is 1.66. The van der Waals surface area contributed by atoms with E-state index in [1.54, 1.807) is 18.4 Å². The van der Waals surface area contributed by atoms with E-state index in [-0.39, 0.29) is 12.5 Å². The summed E-state index contributed by atoms with van der Waals surface area (Å²) < 4.78 is 10.4. The summed E-state index contributed by atoms with van der Waals surface area (Å²) in [7, 11) is 0. The van der Waals surface area contributed by atoms with Crippen molar-refractivity contribution in [3.05, 3.63) is 54.0 Å². The van der Waals surface area contributed by atoms with Gasteiger partial charge in [0, 0.05) is 0 Å². The summed E-state index contributed by atoms with van der Waals surface area (Å²) in [4.78, 5) is 16.4. The monoisotopic (exact) mass is 302 g/mol. The Kier molecular flexibility index (Phi) is 6.04. The zero-order valence-electron chi connectivity index (χ0n) is 12.3. The van der Waals surface area contributed by atoms with Crippen molar-refractivity contribution in [2.75, 3.05) is 13.2 Å². The molecule has 6 heteroatoms. The Bertz CT molecular complexity index is 591. The highest BCUT2D eigenvalue weighted by atomic mass is 16.6. The predicted octanol–water partition coefficient (Wildman–Crippen LogP) is 2.35. The van der Waals surface area contributed by atoms with Gasteiger partial charge < -0.3 is 19.3 Å². The van der Waals surface area contributed by atoms with Crippen molar-refractivity contribution in [1.82, 2.24) is 5.32 Å². The molecule has 1 N–H and O–H groups in total. The van der Waals surface area contributed by atoms with Gasteiger partial charge in [-0.05, 0) is 48.9 Å². The maximum atomic E-state index is 11.5. The average molecular weight is 302 g/mol. The lowest BCUT2D eigenvalue weighted by Crippen LogP contribution is -2.26. The Hall–Kier alpha value is -2.76. The van der Waals surface area contributed by atoms with Gasteiger partial charge in [-0.3, -0.25) is 4.79 Å². The van der Waals surface area contributed by atoms with Crippen molar-refractivity contribution in [1.29, 1.82) is 0 Å². The van der Waals surface area contributed by atoms with Gasteiger partial charge in [0.05, 0.1) is 25.6 Å². The molecule has 2 aromatic rings. The number of oxime groups is 1. The van der Waals surface area contributed by atoms with E-state index in [9.17, 15) is 4.79 Å². The predicted molar refractivity (Wildman–Crippen MR) is 81.7 cm³/mol. The zero-order valence-corrected chi connectivity index (χ0v) is 12.3. The molecule has 1 heterocycles. The molecule has 0 spiro atoms. The quantitative estimate of drug-likeness (QED) is 0.600. The van der Waals surface area contributed by atoms with E-state index in [2.05, 4.69) is 10.5 Å². The number of benzene rings is 1. The number of nitrogens with zero attached hydrogens (tertiary/aromatic N) is 1. The van der Waals surface area contributed by atoms with E-state index in [4.69, 9.17) is 14.0 Å². The van der Waals surface area contributed by atoms with Crippen molar-refractivity contribution in [3.8, 4) is 5.75 Å². The first-order chi connectivity index (χ1) is 10.8. The molecule has 1 amide bonds. The van der Waals surface area contributed by atoms with E-state index in [1.807, 2.05) is 31.2 Å². The van der Waals surface area contributed by atoms with Gasteiger partial charge in [-0.15, -0.1) is 0 Å². The highest BCUT2D eigenvalue weighted by molar-refractivity contribution is 5.80. The van der Waals surface area contributed by atoms with E-state index in [1.165, 1.54) is 6.21 Å². The van der Waals surface area contributed by atoms with Crippen LogP contribution in [0.5, 0.6) is 5.75 Å². The molecule has 0 saturated carbocycles. The summed E-state index contributed by atoms with van der Waals surface area (Å²) >= 11 is 0. The first-order valence-electron chi connectivity index (χ1n) is 6.95. The second-order valence-electron chi connectivity index (χ2n) is 4.37. The molecule has 0 fully saturated rings. The number of amides is 1. The van der Waals surface area contributed by atoms with Crippen LogP contribution in [0, 0.1) is 0 Å². The molecule has 0 aliphatic rings. The molecular weight excluding hydrogens is 284 g/mol. The summed E-state index contributed by atoms with van der Waals surface area (Å²) in [5.74, 6) is 1.23. The molecule has 0 aliphatic heterocycles. The van der Waals surface area contributed by atoms with Crippen molar-refractivity contribution in [2.24, 2.45) is 5.16 Å². The Balaban J connectivity index is 1.67. The van der Waals surface area contributed by atoms with Gasteiger partial charge in [0.1, 0.15) is 11.5 Å². The van der Waals surface area contributed by atoms with Gasteiger partial charge in [-0.1, -0.05) is 5.16 Å². The van der Waals surface area contributed by atoms with Gasteiger partial charge in [0.2, 0.25) is 0 Å². The molecule has 0 aliphatic carbocycles. The first-order valence-corrected chi connectivity index (χ1v) is 6.95. The SMILES string of the molecule is CCOc1ccc(C=NOCC(=O)NCc2ccco2)cc1. The lowest BCUT2D eigenvalue weighted by Gasteiger charge is -2.03. The number of carbonyl (C=O) groups is 1. The molecule has 6 nitrogen and oxygen atoms in total. The van der Waals surface area contributed by atoms with Crippen molar-refractivity contribution < 1.29 is 18.8 Å². The molecule has 22 heavy (non-hydrogen) atoms. The standard InChI is InChI=1S/C16H18N2O4/c1-2-20-14-7-5-13(6-8-14)10-18-22-12-16(19)17-11-15-4-3-9-21-15/h3-10H,2,11-12H2,1H3,(H,17,19). The molecule has 116 valence electrons. The van der Waals surface area contributed by atoms with Crippen LogP contribution in [0.1, 0.15) is 18.2 Å². The van der Waals surface area contributed by atoms with E-state index < -0.39 is 0 Å². The molecule has 1 aromatic heterocycles. The van der Waals surface area contributed by atoms with Crippen molar-refractivity contribution >= 4 is 12.1 Å². The number of hydrogen-bond acceptors (Lipinski definition) is 5. The number of ether oxygens (including phenoxy) is 1. The van der Waals surface area contributed by atoms with E-state index >= 15 is 0 Å². The third-order valence-corrected chi connectivity index (χ3v) is 2.70. The Morgan fingerprint density at radius 3 is 2.82 bits per heavy atom. The number of nitrogens with one attached hydrogen (secondary N) is 1. The minimum Gasteiger partial charge on any atom is -0.494 e. The topological polar surface area (TPSA) is 73.1 Å². The third kappa shape index (κ3) is 5.32.